The smallest absolute Gasteiger partial charge is 0.325 e. The Morgan fingerprint density at radius 1 is 1.10 bits per heavy atom. The molecule has 0 bridgehead atoms. The Balaban J connectivity index is 2.59. The third-order valence-corrected chi connectivity index (χ3v) is 2.76. The zero-order chi connectivity index (χ0) is 14.8. The van der Waals surface area contributed by atoms with Crippen LogP contribution in [-0.4, -0.2) is 4.98 Å². The third kappa shape index (κ3) is 2.72. The van der Waals surface area contributed by atoms with Crippen LogP contribution >= 0.6 is 0 Å². The van der Waals surface area contributed by atoms with Crippen LogP contribution in [0.5, 0.6) is 0 Å². The molecule has 1 aromatic heterocycles. The first-order valence-electron chi connectivity index (χ1n) is 5.69. The predicted octanol–water partition coefficient (Wildman–Crippen LogP) is 3.13. The summed E-state index contributed by atoms with van der Waals surface area (Å²) in [4.78, 5) is 14.3. The summed E-state index contributed by atoms with van der Waals surface area (Å²) in [7, 11) is 0. The zero-order valence-corrected chi connectivity index (χ0v) is 10.2. The molecule has 0 fully saturated rings. The molecule has 6 heteroatoms. The summed E-state index contributed by atoms with van der Waals surface area (Å²) >= 11 is 0. The molecular weight excluding hydrogens is 269 g/mol. The van der Waals surface area contributed by atoms with Crippen molar-refractivity contribution in [3.05, 3.63) is 58.0 Å². The first-order chi connectivity index (χ1) is 9.43. The van der Waals surface area contributed by atoms with Crippen molar-refractivity contribution in [2.75, 3.05) is 0 Å². The van der Waals surface area contributed by atoms with E-state index in [0.29, 0.717) is 5.69 Å². The summed E-state index contributed by atoms with van der Waals surface area (Å²) in [5, 5.41) is 8.53. The Bertz CT molecular complexity index is 726. The van der Waals surface area contributed by atoms with E-state index in [1.807, 2.05) is 6.07 Å². The van der Waals surface area contributed by atoms with Gasteiger partial charge in [-0.15, -0.1) is 0 Å². The minimum atomic E-state index is -4.53. The van der Waals surface area contributed by atoms with Crippen LogP contribution in [0.25, 0.3) is 11.1 Å². The quantitative estimate of drug-likeness (QED) is 0.917. The molecule has 20 heavy (non-hydrogen) atoms. The lowest BCUT2D eigenvalue weighted by Crippen LogP contribution is -2.14. The lowest BCUT2D eigenvalue weighted by atomic mass is 10.00. The molecule has 0 spiro atoms. The number of nitrogens with one attached hydrogen (secondary N) is 1. The predicted molar refractivity (Wildman–Crippen MR) is 66.8 cm³/mol. The summed E-state index contributed by atoms with van der Waals surface area (Å²) in [6.45, 7) is 0. The van der Waals surface area contributed by atoms with Gasteiger partial charge in [-0.1, -0.05) is 18.2 Å². The molecule has 0 radical (unpaired) electrons. The van der Waals surface area contributed by atoms with Crippen LogP contribution in [0.2, 0.25) is 0 Å². The highest BCUT2D eigenvalue weighted by Gasteiger charge is 2.33. The molecule has 0 atom stereocenters. The van der Waals surface area contributed by atoms with Gasteiger partial charge in [-0.2, -0.15) is 18.4 Å². The number of hydrogen-bond donors (Lipinski definition) is 1. The molecule has 0 amide bonds. The molecule has 102 valence electrons. The maximum Gasteiger partial charge on any atom is 0.417 e. The molecule has 2 aromatic rings. The molecular formula is C14H9F3N2O. The topological polar surface area (TPSA) is 56.6 Å². The molecule has 1 aromatic carbocycles. The van der Waals surface area contributed by atoms with E-state index in [0.717, 1.165) is 6.07 Å². The molecule has 2 rings (SSSR count). The molecule has 3 nitrogen and oxygen atoms in total. The van der Waals surface area contributed by atoms with Crippen molar-refractivity contribution in [2.24, 2.45) is 0 Å². The number of benzene rings is 1. The second kappa shape index (κ2) is 5.21. The summed E-state index contributed by atoms with van der Waals surface area (Å²) in [6, 6.07) is 9.48. The van der Waals surface area contributed by atoms with E-state index in [1.54, 1.807) is 0 Å². The van der Waals surface area contributed by atoms with Crippen LogP contribution < -0.4 is 5.56 Å². The summed E-state index contributed by atoms with van der Waals surface area (Å²) < 4.78 is 38.7. The van der Waals surface area contributed by atoms with Crippen molar-refractivity contribution in [3.63, 3.8) is 0 Å². The summed E-state index contributed by atoms with van der Waals surface area (Å²) in [5.74, 6) is 0. The SMILES string of the molecule is N#CCc1ccc(-c2ccccc2C(F)(F)F)c(=O)[nH]1. The molecule has 0 saturated heterocycles. The Morgan fingerprint density at radius 2 is 1.80 bits per heavy atom. The Hall–Kier alpha value is -2.55. The largest absolute Gasteiger partial charge is 0.417 e. The van der Waals surface area contributed by atoms with Crippen LogP contribution in [0.1, 0.15) is 11.3 Å². The second-order valence-electron chi connectivity index (χ2n) is 4.10. The van der Waals surface area contributed by atoms with Crippen LogP contribution in [0.4, 0.5) is 13.2 Å². The fraction of sp³-hybridized carbons (Fsp3) is 0.143. The van der Waals surface area contributed by atoms with Crippen molar-refractivity contribution < 1.29 is 13.2 Å². The molecule has 0 unspecified atom stereocenters. The molecule has 0 aliphatic rings. The number of rotatable bonds is 2. The van der Waals surface area contributed by atoms with Crippen molar-refractivity contribution in [1.82, 2.24) is 4.98 Å². The lowest BCUT2D eigenvalue weighted by molar-refractivity contribution is -0.137. The number of alkyl halides is 3. The van der Waals surface area contributed by atoms with Gasteiger partial charge in [0.1, 0.15) is 0 Å². The average Bonchev–Trinajstić information content (AvgIpc) is 2.38. The average molecular weight is 278 g/mol. The molecule has 1 N–H and O–H groups in total. The van der Waals surface area contributed by atoms with Crippen molar-refractivity contribution in [3.8, 4) is 17.2 Å². The van der Waals surface area contributed by atoms with E-state index in [1.165, 1.54) is 30.3 Å². The maximum atomic E-state index is 12.9. The van der Waals surface area contributed by atoms with Gasteiger partial charge in [0.05, 0.1) is 18.1 Å². The number of halogens is 3. The highest BCUT2D eigenvalue weighted by molar-refractivity contribution is 5.67. The molecule has 1 heterocycles. The van der Waals surface area contributed by atoms with E-state index < -0.39 is 17.3 Å². The van der Waals surface area contributed by atoms with Crippen LogP contribution in [0.3, 0.4) is 0 Å². The van der Waals surface area contributed by atoms with Crippen molar-refractivity contribution in [1.29, 1.82) is 5.26 Å². The van der Waals surface area contributed by atoms with Gasteiger partial charge in [-0.3, -0.25) is 4.79 Å². The van der Waals surface area contributed by atoms with Gasteiger partial charge in [0.2, 0.25) is 0 Å². The van der Waals surface area contributed by atoms with E-state index in [2.05, 4.69) is 4.98 Å². The van der Waals surface area contributed by atoms with Crippen LogP contribution in [0, 0.1) is 11.3 Å². The molecule has 0 saturated carbocycles. The normalized spacial score (nSPS) is 11.1. The van der Waals surface area contributed by atoms with Crippen molar-refractivity contribution >= 4 is 0 Å². The number of nitriles is 1. The van der Waals surface area contributed by atoms with Gasteiger partial charge in [0, 0.05) is 11.3 Å². The Labute approximate surface area is 112 Å². The van der Waals surface area contributed by atoms with Gasteiger partial charge in [-0.05, 0) is 23.8 Å². The number of pyridine rings is 1. The first kappa shape index (κ1) is 13.9. The van der Waals surface area contributed by atoms with Crippen LogP contribution in [-0.2, 0) is 12.6 Å². The zero-order valence-electron chi connectivity index (χ0n) is 10.2. The summed E-state index contributed by atoms with van der Waals surface area (Å²) in [5.41, 5.74) is -1.39. The van der Waals surface area contributed by atoms with E-state index in [4.69, 9.17) is 5.26 Å². The lowest BCUT2D eigenvalue weighted by Gasteiger charge is -2.12. The Kier molecular flexibility index (Phi) is 3.61. The Morgan fingerprint density at radius 3 is 2.40 bits per heavy atom. The number of nitrogens with zero attached hydrogens (tertiary/aromatic N) is 1. The van der Waals surface area contributed by atoms with Gasteiger partial charge < -0.3 is 4.98 Å². The molecule has 0 aliphatic carbocycles. The summed E-state index contributed by atoms with van der Waals surface area (Å²) in [6.07, 6.45) is -4.54. The first-order valence-corrected chi connectivity index (χ1v) is 5.69. The van der Waals surface area contributed by atoms with Crippen molar-refractivity contribution in [2.45, 2.75) is 12.6 Å². The number of H-pyrrole nitrogens is 1. The van der Waals surface area contributed by atoms with Crippen LogP contribution in [0.15, 0.2) is 41.2 Å². The standard InChI is InChI=1S/C14H9F3N2O/c15-14(16,17)12-4-2-1-3-10(12)11-6-5-9(7-8-18)19-13(11)20/h1-6H,7H2,(H,19,20). The highest BCUT2D eigenvalue weighted by Crippen LogP contribution is 2.35. The number of aromatic amines is 1. The van der Waals surface area contributed by atoms with Gasteiger partial charge in [-0.25, -0.2) is 0 Å². The van der Waals surface area contributed by atoms with E-state index in [-0.39, 0.29) is 17.5 Å². The monoisotopic (exact) mass is 278 g/mol. The minimum absolute atomic E-state index is 0.00353. The van der Waals surface area contributed by atoms with Gasteiger partial charge >= 0.3 is 6.18 Å². The third-order valence-electron chi connectivity index (χ3n) is 2.76. The van der Waals surface area contributed by atoms with E-state index in [9.17, 15) is 18.0 Å². The minimum Gasteiger partial charge on any atom is -0.325 e. The van der Waals surface area contributed by atoms with E-state index >= 15 is 0 Å². The number of hydrogen-bond acceptors (Lipinski definition) is 2. The maximum absolute atomic E-state index is 12.9. The molecule has 0 aliphatic heterocycles. The number of aromatic nitrogens is 1. The fourth-order valence-electron chi connectivity index (χ4n) is 1.88. The van der Waals surface area contributed by atoms with Gasteiger partial charge in [0.15, 0.2) is 0 Å². The fourth-order valence-corrected chi connectivity index (χ4v) is 1.88. The van der Waals surface area contributed by atoms with Gasteiger partial charge in [0.25, 0.3) is 5.56 Å². The second-order valence-corrected chi connectivity index (χ2v) is 4.10. The highest BCUT2D eigenvalue weighted by atomic mass is 19.4.